The lowest BCUT2D eigenvalue weighted by molar-refractivity contribution is -0.138. The first-order valence-corrected chi connectivity index (χ1v) is 7.77. The van der Waals surface area contributed by atoms with Crippen molar-refractivity contribution in [2.24, 2.45) is 11.8 Å². The lowest BCUT2D eigenvalue weighted by atomic mass is 10.0. The van der Waals surface area contributed by atoms with E-state index in [9.17, 15) is 9.59 Å². The summed E-state index contributed by atoms with van der Waals surface area (Å²) in [6.07, 6.45) is 0. The number of benzene rings is 2. The fourth-order valence-electron chi connectivity index (χ4n) is 2.11. The number of hydrogen-bond donors (Lipinski definition) is 0. The van der Waals surface area contributed by atoms with Crippen LogP contribution >= 0.6 is 0 Å². The molecule has 0 saturated heterocycles. The first kappa shape index (κ1) is 17.0. The van der Waals surface area contributed by atoms with Crippen LogP contribution < -0.4 is 9.47 Å². The molecule has 0 amide bonds. The standard InChI is InChI=1S/C19H22O4/c1-11(2)18(20)22-16-10-13(5)17(23-19(21)12(3)4)15-9-7-6-8-14(15)16/h6-12H,1-5H3. The van der Waals surface area contributed by atoms with Crippen LogP contribution in [0.1, 0.15) is 33.3 Å². The maximum atomic E-state index is 12.0. The summed E-state index contributed by atoms with van der Waals surface area (Å²) in [5.74, 6) is -0.00410. The number of esters is 2. The predicted octanol–water partition coefficient (Wildman–Crippen LogP) is 4.27. The Labute approximate surface area is 136 Å². The molecule has 2 aromatic rings. The molecule has 0 atom stereocenters. The van der Waals surface area contributed by atoms with Gasteiger partial charge in [-0.3, -0.25) is 9.59 Å². The molecule has 0 radical (unpaired) electrons. The molecule has 0 heterocycles. The Morgan fingerprint density at radius 2 is 1.39 bits per heavy atom. The second-order valence-corrected chi connectivity index (χ2v) is 6.22. The molecule has 0 unspecified atom stereocenters. The van der Waals surface area contributed by atoms with Gasteiger partial charge in [-0.15, -0.1) is 0 Å². The summed E-state index contributed by atoms with van der Waals surface area (Å²) in [6.45, 7) is 8.99. The van der Waals surface area contributed by atoms with E-state index in [2.05, 4.69) is 0 Å². The van der Waals surface area contributed by atoms with Crippen LogP contribution in [0.15, 0.2) is 30.3 Å². The van der Waals surface area contributed by atoms with Crippen molar-refractivity contribution in [2.45, 2.75) is 34.6 Å². The fourth-order valence-corrected chi connectivity index (χ4v) is 2.11. The van der Waals surface area contributed by atoms with Crippen molar-refractivity contribution in [3.8, 4) is 11.5 Å². The van der Waals surface area contributed by atoms with Crippen LogP contribution in [0.5, 0.6) is 11.5 Å². The number of aryl methyl sites for hydroxylation is 1. The zero-order chi connectivity index (χ0) is 17.1. The summed E-state index contributed by atoms with van der Waals surface area (Å²) in [5.41, 5.74) is 0.754. The van der Waals surface area contributed by atoms with Crippen LogP contribution in [-0.4, -0.2) is 11.9 Å². The maximum Gasteiger partial charge on any atom is 0.313 e. The number of rotatable bonds is 4. The molecule has 0 aliphatic carbocycles. The average molecular weight is 314 g/mol. The number of fused-ring (bicyclic) bond motifs is 1. The molecule has 0 saturated carbocycles. The van der Waals surface area contributed by atoms with Crippen molar-refractivity contribution in [2.75, 3.05) is 0 Å². The third-order valence-electron chi connectivity index (χ3n) is 3.50. The molecule has 122 valence electrons. The minimum Gasteiger partial charge on any atom is -0.426 e. The normalized spacial score (nSPS) is 11.1. The Balaban J connectivity index is 2.54. The highest BCUT2D eigenvalue weighted by molar-refractivity contribution is 5.97. The molecule has 0 aromatic heterocycles. The first-order valence-electron chi connectivity index (χ1n) is 7.77. The highest BCUT2D eigenvalue weighted by Crippen LogP contribution is 2.37. The van der Waals surface area contributed by atoms with Gasteiger partial charge in [0.2, 0.25) is 0 Å². The molecule has 0 fully saturated rings. The molecular weight excluding hydrogens is 292 g/mol. The van der Waals surface area contributed by atoms with Crippen LogP contribution in [0.25, 0.3) is 10.8 Å². The minimum atomic E-state index is -0.290. The van der Waals surface area contributed by atoms with Crippen molar-refractivity contribution in [1.82, 2.24) is 0 Å². The Kier molecular flexibility index (Phi) is 5.04. The van der Waals surface area contributed by atoms with Gasteiger partial charge in [-0.2, -0.15) is 0 Å². The van der Waals surface area contributed by atoms with Gasteiger partial charge >= 0.3 is 11.9 Å². The van der Waals surface area contributed by atoms with Crippen molar-refractivity contribution < 1.29 is 19.1 Å². The molecule has 0 N–H and O–H groups in total. The minimum absolute atomic E-state index is 0.215. The monoisotopic (exact) mass is 314 g/mol. The maximum absolute atomic E-state index is 12.0. The van der Waals surface area contributed by atoms with Gasteiger partial charge in [0.1, 0.15) is 11.5 Å². The van der Waals surface area contributed by atoms with Crippen LogP contribution in [-0.2, 0) is 9.59 Å². The fraction of sp³-hybridized carbons (Fsp3) is 0.368. The van der Waals surface area contributed by atoms with E-state index in [1.807, 2.05) is 31.2 Å². The van der Waals surface area contributed by atoms with E-state index in [0.29, 0.717) is 11.5 Å². The summed E-state index contributed by atoms with van der Waals surface area (Å²) < 4.78 is 11.0. The Morgan fingerprint density at radius 3 is 1.96 bits per heavy atom. The zero-order valence-corrected chi connectivity index (χ0v) is 14.2. The third-order valence-corrected chi connectivity index (χ3v) is 3.50. The number of carbonyl (C=O) groups excluding carboxylic acids is 2. The summed E-state index contributed by atoms with van der Waals surface area (Å²) in [4.78, 5) is 23.9. The topological polar surface area (TPSA) is 52.6 Å². The van der Waals surface area contributed by atoms with E-state index in [0.717, 1.165) is 16.3 Å². The van der Waals surface area contributed by atoms with Crippen LogP contribution in [0, 0.1) is 18.8 Å². The quantitative estimate of drug-likeness (QED) is 0.624. The van der Waals surface area contributed by atoms with Gasteiger partial charge in [0.05, 0.1) is 11.8 Å². The van der Waals surface area contributed by atoms with Gasteiger partial charge in [-0.1, -0.05) is 52.0 Å². The van der Waals surface area contributed by atoms with Crippen molar-refractivity contribution in [3.05, 3.63) is 35.9 Å². The Morgan fingerprint density at radius 1 is 0.870 bits per heavy atom. The summed E-state index contributed by atoms with van der Waals surface area (Å²) >= 11 is 0. The molecule has 0 spiro atoms. The number of ether oxygens (including phenoxy) is 2. The third kappa shape index (κ3) is 3.70. The highest BCUT2D eigenvalue weighted by atomic mass is 16.5. The van der Waals surface area contributed by atoms with Gasteiger partial charge < -0.3 is 9.47 Å². The molecule has 23 heavy (non-hydrogen) atoms. The smallest absolute Gasteiger partial charge is 0.313 e. The van der Waals surface area contributed by atoms with E-state index >= 15 is 0 Å². The molecule has 0 aliphatic heterocycles. The molecular formula is C19H22O4. The van der Waals surface area contributed by atoms with E-state index in [4.69, 9.17) is 9.47 Å². The van der Waals surface area contributed by atoms with Gasteiger partial charge in [-0.05, 0) is 18.6 Å². The van der Waals surface area contributed by atoms with E-state index in [1.165, 1.54) is 0 Å². The van der Waals surface area contributed by atoms with Crippen molar-refractivity contribution >= 4 is 22.7 Å². The largest absolute Gasteiger partial charge is 0.426 e. The van der Waals surface area contributed by atoms with E-state index in [-0.39, 0.29) is 23.8 Å². The zero-order valence-electron chi connectivity index (χ0n) is 14.2. The highest BCUT2D eigenvalue weighted by Gasteiger charge is 2.18. The van der Waals surface area contributed by atoms with Crippen molar-refractivity contribution in [1.29, 1.82) is 0 Å². The predicted molar refractivity (Wildman–Crippen MR) is 89.6 cm³/mol. The number of carbonyl (C=O) groups is 2. The van der Waals surface area contributed by atoms with Crippen LogP contribution in [0.4, 0.5) is 0 Å². The lowest BCUT2D eigenvalue weighted by Crippen LogP contribution is -2.17. The molecule has 0 bridgehead atoms. The van der Waals surface area contributed by atoms with Gasteiger partial charge in [0.15, 0.2) is 0 Å². The van der Waals surface area contributed by atoms with Gasteiger partial charge in [-0.25, -0.2) is 0 Å². The molecule has 2 rings (SSSR count). The second-order valence-electron chi connectivity index (χ2n) is 6.22. The van der Waals surface area contributed by atoms with Crippen LogP contribution in [0.2, 0.25) is 0 Å². The van der Waals surface area contributed by atoms with E-state index in [1.54, 1.807) is 33.8 Å². The lowest BCUT2D eigenvalue weighted by Gasteiger charge is -2.16. The Bertz CT molecular complexity index is 744. The molecule has 4 heteroatoms. The summed E-state index contributed by atoms with van der Waals surface area (Å²) in [5, 5.41) is 1.51. The molecule has 4 nitrogen and oxygen atoms in total. The van der Waals surface area contributed by atoms with Gasteiger partial charge in [0.25, 0.3) is 0 Å². The molecule has 2 aromatic carbocycles. The second kappa shape index (κ2) is 6.82. The van der Waals surface area contributed by atoms with Gasteiger partial charge in [0, 0.05) is 10.8 Å². The molecule has 0 aliphatic rings. The average Bonchev–Trinajstić information content (AvgIpc) is 2.50. The number of hydrogen-bond acceptors (Lipinski definition) is 4. The summed E-state index contributed by atoms with van der Waals surface area (Å²) in [6, 6.07) is 9.18. The summed E-state index contributed by atoms with van der Waals surface area (Å²) in [7, 11) is 0. The Hall–Kier alpha value is -2.36. The van der Waals surface area contributed by atoms with E-state index < -0.39 is 0 Å². The van der Waals surface area contributed by atoms with Crippen LogP contribution in [0.3, 0.4) is 0 Å². The van der Waals surface area contributed by atoms with Crippen molar-refractivity contribution in [3.63, 3.8) is 0 Å². The first-order chi connectivity index (χ1) is 10.8. The SMILES string of the molecule is Cc1cc(OC(=O)C(C)C)c2ccccc2c1OC(=O)C(C)C.